The predicted molar refractivity (Wildman–Crippen MR) is 129 cm³/mol. The van der Waals surface area contributed by atoms with Crippen LogP contribution in [0.1, 0.15) is 59.8 Å². The van der Waals surface area contributed by atoms with E-state index in [1.807, 2.05) is 35.0 Å². The number of hydrogen-bond acceptors (Lipinski definition) is 2. The zero-order valence-electron chi connectivity index (χ0n) is 17.7. The number of nitrogens with one attached hydrogen (secondary N) is 1. The fourth-order valence-corrected chi connectivity index (χ4v) is 4.21. The van der Waals surface area contributed by atoms with Crippen molar-refractivity contribution < 1.29 is 9.90 Å². The first kappa shape index (κ1) is 23.2. The third kappa shape index (κ3) is 7.05. The van der Waals surface area contributed by atoms with Gasteiger partial charge in [0, 0.05) is 35.0 Å². The number of aromatic carboxylic acids is 1. The van der Waals surface area contributed by atoms with Crippen LogP contribution in [0, 0.1) is 0 Å². The number of hydrogen-bond donors (Lipinski definition) is 2. The van der Waals surface area contributed by atoms with E-state index in [-0.39, 0.29) is 0 Å². The maximum Gasteiger partial charge on any atom is 0.352 e. The lowest BCUT2D eigenvalue weighted by molar-refractivity contribution is 0.0685. The summed E-state index contributed by atoms with van der Waals surface area (Å²) < 4.78 is 1.87. The van der Waals surface area contributed by atoms with Gasteiger partial charge in [-0.25, -0.2) is 4.79 Å². The Morgan fingerprint density at radius 1 is 0.935 bits per heavy atom. The molecule has 1 heterocycles. The highest BCUT2D eigenvalue weighted by Gasteiger charge is 2.12. The van der Waals surface area contributed by atoms with Gasteiger partial charge in [-0.05, 0) is 65.9 Å². The lowest BCUT2D eigenvalue weighted by atomic mass is 10.1. The Morgan fingerprint density at radius 2 is 1.65 bits per heavy atom. The number of aromatic nitrogens is 1. The lowest BCUT2D eigenvalue weighted by Gasteiger charge is -2.08. The molecular formula is C25H28Cl2N2O2. The van der Waals surface area contributed by atoms with Crippen LogP contribution in [0.25, 0.3) is 0 Å². The third-order valence-corrected chi connectivity index (χ3v) is 5.64. The average molecular weight is 459 g/mol. The number of carbonyl (C=O) groups is 1. The number of unbranched alkanes of at least 4 members (excludes halogenated alkanes) is 3. The minimum Gasteiger partial charge on any atom is -0.477 e. The number of halogens is 2. The van der Waals surface area contributed by atoms with Crippen LogP contribution in [0.3, 0.4) is 0 Å². The molecule has 0 bridgehead atoms. The molecule has 0 radical (unpaired) electrons. The maximum atomic E-state index is 11.6. The van der Waals surface area contributed by atoms with E-state index in [9.17, 15) is 9.90 Å². The van der Waals surface area contributed by atoms with Gasteiger partial charge in [0.25, 0.3) is 0 Å². The van der Waals surface area contributed by atoms with Crippen LogP contribution >= 0.6 is 23.2 Å². The minimum atomic E-state index is -0.873. The monoisotopic (exact) mass is 458 g/mol. The summed E-state index contributed by atoms with van der Waals surface area (Å²) in [5, 5.41) is 14.1. The van der Waals surface area contributed by atoms with Crippen molar-refractivity contribution in [3.8, 4) is 0 Å². The topological polar surface area (TPSA) is 54.3 Å². The number of carboxylic acid groups (broad SMARTS) is 1. The molecular weight excluding hydrogens is 431 g/mol. The molecule has 0 aliphatic heterocycles. The number of carboxylic acids is 1. The van der Waals surface area contributed by atoms with Gasteiger partial charge in [0.15, 0.2) is 0 Å². The molecule has 3 rings (SSSR count). The van der Waals surface area contributed by atoms with E-state index in [0.717, 1.165) is 41.8 Å². The van der Waals surface area contributed by atoms with E-state index >= 15 is 0 Å². The van der Waals surface area contributed by atoms with Crippen molar-refractivity contribution in [3.63, 3.8) is 0 Å². The molecule has 0 saturated heterocycles. The smallest absolute Gasteiger partial charge is 0.352 e. The summed E-state index contributed by atoms with van der Waals surface area (Å²) in [4.78, 5) is 11.6. The Bertz CT molecular complexity index is 993. The van der Waals surface area contributed by atoms with Crippen molar-refractivity contribution in [2.24, 2.45) is 0 Å². The molecule has 2 N–H and O–H groups in total. The quantitative estimate of drug-likeness (QED) is 0.296. The predicted octanol–water partition coefficient (Wildman–Crippen LogP) is 7.28. The number of benzene rings is 2. The van der Waals surface area contributed by atoms with Gasteiger partial charge in [-0.2, -0.15) is 0 Å². The van der Waals surface area contributed by atoms with Crippen LogP contribution < -0.4 is 5.32 Å². The minimum absolute atomic E-state index is 0.366. The van der Waals surface area contributed by atoms with Gasteiger partial charge in [-0.3, -0.25) is 0 Å². The van der Waals surface area contributed by atoms with Gasteiger partial charge in [-0.1, -0.05) is 61.5 Å². The molecule has 0 spiro atoms. The molecule has 0 atom stereocenters. The fourth-order valence-electron chi connectivity index (χ4n) is 3.63. The summed E-state index contributed by atoms with van der Waals surface area (Å²) in [7, 11) is 0. The first-order valence-electron chi connectivity index (χ1n) is 10.6. The van der Waals surface area contributed by atoms with E-state index in [4.69, 9.17) is 23.2 Å². The zero-order chi connectivity index (χ0) is 22.2. The van der Waals surface area contributed by atoms with Gasteiger partial charge < -0.3 is 15.0 Å². The van der Waals surface area contributed by atoms with Gasteiger partial charge >= 0.3 is 5.97 Å². The van der Waals surface area contributed by atoms with Crippen molar-refractivity contribution >= 4 is 34.9 Å². The molecule has 1 aromatic heterocycles. The molecule has 0 saturated carbocycles. The standard InChI is InChI=1S/C25H28Cl2N2O2/c1-2-3-4-5-10-29-17-20(14-24(29)25(30)31)11-18-6-8-23(9-7-18)28-16-19-12-21(26)15-22(27)13-19/h6-9,12-15,17,28H,2-5,10-11,16H2,1H3,(H,30,31). The Kier molecular flexibility index (Phi) is 8.44. The van der Waals surface area contributed by atoms with Crippen LogP contribution in [0.5, 0.6) is 0 Å². The van der Waals surface area contributed by atoms with Gasteiger partial charge in [0.2, 0.25) is 0 Å². The molecule has 0 fully saturated rings. The molecule has 4 nitrogen and oxygen atoms in total. The number of aryl methyl sites for hydroxylation is 1. The van der Waals surface area contributed by atoms with Crippen molar-refractivity contribution in [2.75, 3.05) is 5.32 Å². The largest absolute Gasteiger partial charge is 0.477 e. The van der Waals surface area contributed by atoms with Crippen molar-refractivity contribution in [2.45, 2.75) is 52.1 Å². The summed E-state index contributed by atoms with van der Waals surface area (Å²) in [5.74, 6) is -0.873. The second-order valence-corrected chi connectivity index (χ2v) is 8.67. The highest BCUT2D eigenvalue weighted by atomic mass is 35.5. The number of nitrogens with zero attached hydrogens (tertiary/aromatic N) is 1. The Morgan fingerprint density at radius 3 is 2.29 bits per heavy atom. The van der Waals surface area contributed by atoms with Crippen molar-refractivity contribution in [1.29, 1.82) is 0 Å². The second kappa shape index (κ2) is 11.3. The Balaban J connectivity index is 1.60. The third-order valence-electron chi connectivity index (χ3n) is 5.21. The van der Waals surface area contributed by atoms with Crippen molar-refractivity contribution in [3.05, 3.63) is 87.2 Å². The average Bonchev–Trinajstić information content (AvgIpc) is 3.13. The van der Waals surface area contributed by atoms with E-state index < -0.39 is 5.97 Å². The summed E-state index contributed by atoms with van der Waals surface area (Å²) in [6.45, 7) is 3.55. The fraction of sp³-hybridized carbons (Fsp3) is 0.320. The van der Waals surface area contributed by atoms with Crippen LogP contribution in [0.4, 0.5) is 5.69 Å². The van der Waals surface area contributed by atoms with Crippen LogP contribution in [0.15, 0.2) is 54.7 Å². The maximum absolute atomic E-state index is 11.6. The highest BCUT2D eigenvalue weighted by Crippen LogP contribution is 2.21. The number of rotatable bonds is 11. The highest BCUT2D eigenvalue weighted by molar-refractivity contribution is 6.34. The summed E-state index contributed by atoms with van der Waals surface area (Å²) in [5.41, 5.74) is 4.53. The second-order valence-electron chi connectivity index (χ2n) is 7.80. The molecule has 3 aromatic rings. The molecule has 0 aliphatic rings. The van der Waals surface area contributed by atoms with E-state index in [0.29, 0.717) is 28.7 Å². The molecule has 6 heteroatoms. The molecule has 0 aliphatic carbocycles. The summed E-state index contributed by atoms with van der Waals surface area (Å²) >= 11 is 12.1. The van der Waals surface area contributed by atoms with Gasteiger partial charge in [0.05, 0.1) is 0 Å². The van der Waals surface area contributed by atoms with Crippen LogP contribution in [-0.2, 0) is 19.5 Å². The van der Waals surface area contributed by atoms with Crippen LogP contribution in [-0.4, -0.2) is 15.6 Å². The van der Waals surface area contributed by atoms with Crippen molar-refractivity contribution in [1.82, 2.24) is 4.57 Å². The number of anilines is 1. The lowest BCUT2D eigenvalue weighted by Crippen LogP contribution is -2.07. The molecule has 0 unspecified atom stereocenters. The molecule has 2 aromatic carbocycles. The van der Waals surface area contributed by atoms with Gasteiger partial charge in [0.1, 0.15) is 5.69 Å². The van der Waals surface area contributed by atoms with E-state index in [1.165, 1.54) is 12.8 Å². The first-order chi connectivity index (χ1) is 14.9. The van der Waals surface area contributed by atoms with Gasteiger partial charge in [-0.15, -0.1) is 0 Å². The SMILES string of the molecule is CCCCCCn1cc(Cc2ccc(NCc3cc(Cl)cc(Cl)c3)cc2)cc1C(=O)O. The molecule has 164 valence electrons. The molecule has 31 heavy (non-hydrogen) atoms. The molecule has 0 amide bonds. The normalized spacial score (nSPS) is 10.9. The Hall–Kier alpha value is -2.43. The van der Waals surface area contributed by atoms with Crippen LogP contribution in [0.2, 0.25) is 10.0 Å². The zero-order valence-corrected chi connectivity index (χ0v) is 19.2. The summed E-state index contributed by atoms with van der Waals surface area (Å²) in [6.07, 6.45) is 7.15. The Labute approximate surface area is 193 Å². The van der Waals surface area contributed by atoms with E-state index in [2.05, 4.69) is 24.4 Å². The first-order valence-corrected chi connectivity index (χ1v) is 11.4. The summed E-state index contributed by atoms with van der Waals surface area (Å²) in [6, 6.07) is 15.5. The van der Waals surface area contributed by atoms with E-state index in [1.54, 1.807) is 12.1 Å².